The summed E-state index contributed by atoms with van der Waals surface area (Å²) in [5.41, 5.74) is 1.34. The highest BCUT2D eigenvalue weighted by atomic mass is 32.1. The molecule has 88 valence electrons. The zero-order valence-electron chi connectivity index (χ0n) is 9.46. The van der Waals surface area contributed by atoms with Crippen LogP contribution in [0.3, 0.4) is 0 Å². The minimum atomic E-state index is 0.0100. The molecule has 2 aliphatic rings. The Kier molecular flexibility index (Phi) is 2.73. The van der Waals surface area contributed by atoms with Gasteiger partial charge < -0.3 is 10.4 Å². The lowest BCUT2D eigenvalue weighted by molar-refractivity contribution is 0.0872. The van der Waals surface area contributed by atoms with Crippen LogP contribution in [0.1, 0.15) is 41.3 Å². The maximum atomic E-state index is 9.35. The smallest absolute Gasteiger partial charge is 0.107 e. The largest absolute Gasteiger partial charge is 0.394 e. The summed E-state index contributed by atoms with van der Waals surface area (Å²) < 4.78 is 0. The van der Waals surface area contributed by atoms with Crippen LogP contribution < -0.4 is 5.32 Å². The zero-order valence-corrected chi connectivity index (χ0v) is 10.3. The van der Waals surface area contributed by atoms with Crippen LogP contribution in [-0.4, -0.2) is 22.2 Å². The lowest BCUT2D eigenvalue weighted by Gasteiger charge is -2.41. The van der Waals surface area contributed by atoms with Crippen molar-refractivity contribution in [1.29, 1.82) is 0 Å². The lowest BCUT2D eigenvalue weighted by Crippen LogP contribution is -2.53. The SMILES string of the molecule is OCC1(NCc2nc3c(s2)CCC3)CCC1. The lowest BCUT2D eigenvalue weighted by atomic mass is 9.77. The maximum Gasteiger partial charge on any atom is 0.107 e. The third-order valence-electron chi connectivity index (χ3n) is 3.87. The topological polar surface area (TPSA) is 45.1 Å². The van der Waals surface area contributed by atoms with Gasteiger partial charge in [0.1, 0.15) is 5.01 Å². The van der Waals surface area contributed by atoms with Crippen LogP contribution in [-0.2, 0) is 19.4 Å². The van der Waals surface area contributed by atoms with Crippen molar-refractivity contribution < 1.29 is 5.11 Å². The van der Waals surface area contributed by atoms with Crippen molar-refractivity contribution in [1.82, 2.24) is 10.3 Å². The number of aromatic nitrogens is 1. The molecule has 0 spiro atoms. The quantitative estimate of drug-likeness (QED) is 0.838. The molecular weight excluding hydrogens is 220 g/mol. The van der Waals surface area contributed by atoms with E-state index in [2.05, 4.69) is 10.3 Å². The molecule has 0 aliphatic heterocycles. The summed E-state index contributed by atoms with van der Waals surface area (Å²) in [6.07, 6.45) is 7.11. The number of nitrogens with one attached hydrogen (secondary N) is 1. The molecule has 1 saturated carbocycles. The zero-order chi connectivity index (χ0) is 11.0. The van der Waals surface area contributed by atoms with Crippen molar-refractivity contribution in [2.45, 2.75) is 50.6 Å². The van der Waals surface area contributed by atoms with Gasteiger partial charge in [-0.25, -0.2) is 4.98 Å². The summed E-state index contributed by atoms with van der Waals surface area (Å²) in [5, 5.41) is 14.0. The Balaban J connectivity index is 1.62. The van der Waals surface area contributed by atoms with E-state index in [1.807, 2.05) is 11.3 Å². The monoisotopic (exact) mass is 238 g/mol. The molecule has 0 amide bonds. The van der Waals surface area contributed by atoms with Crippen molar-refractivity contribution in [3.8, 4) is 0 Å². The summed E-state index contributed by atoms with van der Waals surface area (Å²) >= 11 is 1.85. The Labute approximate surface area is 99.9 Å². The summed E-state index contributed by atoms with van der Waals surface area (Å²) in [6.45, 7) is 1.09. The van der Waals surface area contributed by atoms with Gasteiger partial charge >= 0.3 is 0 Å². The van der Waals surface area contributed by atoms with Crippen molar-refractivity contribution in [3.63, 3.8) is 0 Å². The van der Waals surface area contributed by atoms with E-state index in [0.29, 0.717) is 0 Å². The molecular formula is C12H18N2OS. The van der Waals surface area contributed by atoms with E-state index in [1.54, 1.807) is 0 Å². The van der Waals surface area contributed by atoms with Gasteiger partial charge in [-0.2, -0.15) is 0 Å². The Hall–Kier alpha value is -0.450. The number of hydrogen-bond acceptors (Lipinski definition) is 4. The van der Waals surface area contributed by atoms with Crippen LogP contribution in [0.25, 0.3) is 0 Å². The van der Waals surface area contributed by atoms with Gasteiger partial charge in [-0.1, -0.05) is 0 Å². The number of aliphatic hydroxyl groups excluding tert-OH is 1. The first kappa shape index (κ1) is 10.7. The Bertz CT molecular complexity index is 357. The van der Waals surface area contributed by atoms with Crippen LogP contribution in [0.5, 0.6) is 0 Å². The predicted molar refractivity (Wildman–Crippen MR) is 64.6 cm³/mol. The van der Waals surface area contributed by atoms with E-state index in [-0.39, 0.29) is 12.1 Å². The van der Waals surface area contributed by atoms with Crippen LogP contribution >= 0.6 is 11.3 Å². The predicted octanol–water partition coefficient (Wildman–Crippen LogP) is 1.64. The summed E-state index contributed by atoms with van der Waals surface area (Å²) in [6, 6.07) is 0. The molecule has 0 atom stereocenters. The maximum absolute atomic E-state index is 9.35. The molecule has 1 aromatic rings. The average Bonchev–Trinajstić information content (AvgIpc) is 2.76. The minimum absolute atomic E-state index is 0.0100. The van der Waals surface area contributed by atoms with Gasteiger partial charge in [0.2, 0.25) is 0 Å². The van der Waals surface area contributed by atoms with Crippen molar-refractivity contribution in [2.75, 3.05) is 6.61 Å². The van der Waals surface area contributed by atoms with Crippen LogP contribution in [0, 0.1) is 0 Å². The van der Waals surface area contributed by atoms with Gasteiger partial charge in [-0.15, -0.1) is 11.3 Å². The second-order valence-electron chi connectivity index (χ2n) is 4.98. The van der Waals surface area contributed by atoms with Gasteiger partial charge in [0.15, 0.2) is 0 Å². The second-order valence-corrected chi connectivity index (χ2v) is 6.14. The van der Waals surface area contributed by atoms with Gasteiger partial charge in [0.05, 0.1) is 12.3 Å². The van der Waals surface area contributed by atoms with E-state index in [1.165, 1.54) is 34.8 Å². The molecule has 1 heterocycles. The molecule has 3 nitrogen and oxygen atoms in total. The van der Waals surface area contributed by atoms with E-state index in [4.69, 9.17) is 0 Å². The van der Waals surface area contributed by atoms with Crippen molar-refractivity contribution in [2.24, 2.45) is 0 Å². The standard InChI is InChI=1S/C12H18N2OS/c15-8-12(5-2-6-12)13-7-11-14-9-3-1-4-10(9)16-11/h13,15H,1-8H2. The highest BCUT2D eigenvalue weighted by molar-refractivity contribution is 7.11. The fourth-order valence-electron chi connectivity index (χ4n) is 2.58. The van der Waals surface area contributed by atoms with E-state index >= 15 is 0 Å². The highest BCUT2D eigenvalue weighted by Gasteiger charge is 2.35. The molecule has 2 N–H and O–H groups in total. The minimum Gasteiger partial charge on any atom is -0.394 e. The van der Waals surface area contributed by atoms with Crippen molar-refractivity contribution >= 4 is 11.3 Å². The number of aryl methyl sites for hydroxylation is 2. The van der Waals surface area contributed by atoms with Crippen LogP contribution in [0.15, 0.2) is 0 Å². The molecule has 0 saturated heterocycles. The molecule has 0 aromatic carbocycles. The number of aliphatic hydroxyl groups is 1. The van der Waals surface area contributed by atoms with Gasteiger partial charge in [-0.05, 0) is 38.5 Å². The van der Waals surface area contributed by atoms with Gasteiger partial charge in [0.25, 0.3) is 0 Å². The van der Waals surface area contributed by atoms with Gasteiger partial charge in [0, 0.05) is 17.0 Å². The molecule has 16 heavy (non-hydrogen) atoms. The second kappa shape index (κ2) is 4.09. The molecule has 0 unspecified atom stereocenters. The molecule has 4 heteroatoms. The van der Waals surface area contributed by atoms with Gasteiger partial charge in [-0.3, -0.25) is 0 Å². The Morgan fingerprint density at radius 1 is 1.31 bits per heavy atom. The third-order valence-corrected chi connectivity index (χ3v) is 5.03. The molecule has 1 aromatic heterocycles. The first-order valence-corrected chi connectivity index (χ1v) is 6.96. The summed E-state index contributed by atoms with van der Waals surface area (Å²) in [4.78, 5) is 6.15. The summed E-state index contributed by atoms with van der Waals surface area (Å²) in [7, 11) is 0. The molecule has 0 radical (unpaired) electrons. The molecule has 2 aliphatic carbocycles. The third kappa shape index (κ3) is 1.79. The van der Waals surface area contributed by atoms with Crippen LogP contribution in [0.4, 0.5) is 0 Å². The Morgan fingerprint density at radius 2 is 2.19 bits per heavy atom. The normalized spacial score (nSPS) is 21.8. The summed E-state index contributed by atoms with van der Waals surface area (Å²) in [5.74, 6) is 0. The number of rotatable bonds is 4. The molecule has 3 rings (SSSR count). The van der Waals surface area contributed by atoms with E-state index in [9.17, 15) is 5.11 Å². The highest BCUT2D eigenvalue weighted by Crippen LogP contribution is 2.32. The van der Waals surface area contributed by atoms with E-state index < -0.39 is 0 Å². The fourth-order valence-corrected chi connectivity index (χ4v) is 3.67. The first-order chi connectivity index (χ1) is 7.81. The van der Waals surface area contributed by atoms with Crippen LogP contribution in [0.2, 0.25) is 0 Å². The van der Waals surface area contributed by atoms with E-state index in [0.717, 1.165) is 25.8 Å². The first-order valence-electron chi connectivity index (χ1n) is 6.15. The number of nitrogens with zero attached hydrogens (tertiary/aromatic N) is 1. The molecule has 0 bridgehead atoms. The number of fused-ring (bicyclic) bond motifs is 1. The number of hydrogen-bond donors (Lipinski definition) is 2. The fraction of sp³-hybridized carbons (Fsp3) is 0.750. The molecule has 1 fully saturated rings. The van der Waals surface area contributed by atoms with Crippen molar-refractivity contribution in [3.05, 3.63) is 15.6 Å². The average molecular weight is 238 g/mol. The number of thiazole rings is 1. The Morgan fingerprint density at radius 3 is 2.81 bits per heavy atom.